The van der Waals surface area contributed by atoms with E-state index < -0.39 is 10.0 Å². The maximum atomic E-state index is 11.6. The minimum absolute atomic E-state index is 0.420. The number of aromatic nitrogens is 5. The third-order valence-corrected chi connectivity index (χ3v) is 4.80. The van der Waals surface area contributed by atoms with E-state index in [1.165, 1.54) is 12.4 Å². The molecule has 1 N–H and O–H groups in total. The average Bonchev–Trinajstić information content (AvgIpc) is 3.28. The topological polar surface area (TPSA) is 103 Å². The maximum Gasteiger partial charge on any atom is 0.250 e. The van der Waals surface area contributed by atoms with E-state index in [0.717, 1.165) is 27.3 Å². The lowest BCUT2D eigenvalue weighted by Crippen LogP contribution is -2.09. The molecule has 1 aromatic carbocycles. The van der Waals surface area contributed by atoms with Crippen LogP contribution in [0.25, 0.3) is 16.8 Å². The normalized spacial score (nSPS) is 11.6. The highest BCUT2D eigenvalue weighted by atomic mass is 32.2. The molecule has 0 spiro atoms. The van der Waals surface area contributed by atoms with E-state index in [9.17, 15) is 8.42 Å². The van der Waals surface area contributed by atoms with Crippen molar-refractivity contribution in [1.29, 1.82) is 0 Å². The quantitative estimate of drug-likeness (QED) is 0.562. The molecule has 0 saturated heterocycles. The van der Waals surface area contributed by atoms with Gasteiger partial charge in [-0.1, -0.05) is 0 Å². The summed E-state index contributed by atoms with van der Waals surface area (Å²) >= 11 is 0. The first kappa shape index (κ1) is 17.0. The highest BCUT2D eigenvalue weighted by molar-refractivity contribution is 7.89. The summed E-state index contributed by atoms with van der Waals surface area (Å²) in [5.74, 6) is 1.18. The lowest BCUT2D eigenvalue weighted by atomic mass is 10.1. The van der Waals surface area contributed by atoms with Gasteiger partial charge in [-0.2, -0.15) is 14.2 Å². The van der Waals surface area contributed by atoms with Crippen molar-refractivity contribution >= 4 is 27.3 Å². The minimum Gasteiger partial charge on any atom is -0.497 e. The molecule has 0 aliphatic carbocycles. The molecule has 4 aromatic rings. The van der Waals surface area contributed by atoms with Crippen LogP contribution in [0.15, 0.2) is 55.0 Å². The predicted octanol–water partition coefficient (Wildman–Crippen LogP) is 2.15. The van der Waals surface area contributed by atoms with Gasteiger partial charge in [0.1, 0.15) is 5.75 Å². The van der Waals surface area contributed by atoms with Gasteiger partial charge in [0.15, 0.2) is 5.65 Å². The molecule has 10 heteroatoms. The van der Waals surface area contributed by atoms with Gasteiger partial charge in [-0.3, -0.25) is 0 Å². The Labute approximate surface area is 155 Å². The molecule has 9 nitrogen and oxygen atoms in total. The fourth-order valence-corrected chi connectivity index (χ4v) is 3.14. The van der Waals surface area contributed by atoms with Crippen LogP contribution in [0.3, 0.4) is 0 Å². The fraction of sp³-hybridized carbons (Fsp3) is 0.118. The van der Waals surface area contributed by atoms with Gasteiger partial charge in [0.25, 0.3) is 10.0 Å². The van der Waals surface area contributed by atoms with Crippen LogP contribution in [-0.4, -0.2) is 45.6 Å². The molecule has 0 fully saturated rings. The Balaban J connectivity index is 1.70. The van der Waals surface area contributed by atoms with E-state index in [2.05, 4.69) is 20.5 Å². The van der Waals surface area contributed by atoms with Gasteiger partial charge in [-0.25, -0.2) is 12.9 Å². The maximum absolute atomic E-state index is 11.6. The molecule has 4 rings (SSSR count). The standard InChI is InChI=1S/C17H16N6O3S/c1-26-14-7-5-13(6-8-14)19-17-20-16-15(4-3-9-22(16)21-17)12-10-18-23(11-12)27(2,24)25/h3-11H,1-2H3,(H,19,21). The minimum atomic E-state index is -3.44. The summed E-state index contributed by atoms with van der Waals surface area (Å²) < 4.78 is 31.0. The van der Waals surface area contributed by atoms with Crippen molar-refractivity contribution in [2.45, 2.75) is 0 Å². The summed E-state index contributed by atoms with van der Waals surface area (Å²) in [5.41, 5.74) is 2.76. The largest absolute Gasteiger partial charge is 0.497 e. The van der Waals surface area contributed by atoms with Crippen molar-refractivity contribution in [3.8, 4) is 16.9 Å². The second kappa shape index (κ2) is 6.40. The Morgan fingerprint density at radius 1 is 1.15 bits per heavy atom. The first-order chi connectivity index (χ1) is 12.9. The molecular weight excluding hydrogens is 368 g/mol. The second-order valence-corrected chi connectivity index (χ2v) is 7.68. The molecule has 0 bridgehead atoms. The van der Waals surface area contributed by atoms with E-state index in [4.69, 9.17) is 4.74 Å². The summed E-state index contributed by atoms with van der Waals surface area (Å²) in [5, 5.41) is 11.5. The van der Waals surface area contributed by atoms with Crippen molar-refractivity contribution in [2.24, 2.45) is 0 Å². The van der Waals surface area contributed by atoms with E-state index >= 15 is 0 Å². The zero-order valence-corrected chi connectivity index (χ0v) is 15.4. The first-order valence-corrected chi connectivity index (χ1v) is 9.81. The SMILES string of the molecule is COc1ccc(Nc2nc3c(-c4cnn(S(C)(=O)=O)c4)cccn3n2)cc1. The zero-order valence-electron chi connectivity index (χ0n) is 14.6. The number of nitrogens with one attached hydrogen (secondary N) is 1. The van der Waals surface area contributed by atoms with Crippen molar-refractivity contribution in [3.05, 3.63) is 55.0 Å². The Bertz CT molecular complexity index is 1210. The summed E-state index contributed by atoms with van der Waals surface area (Å²) in [6.45, 7) is 0. The van der Waals surface area contributed by atoms with Gasteiger partial charge in [0.05, 0.1) is 25.8 Å². The average molecular weight is 384 g/mol. The van der Waals surface area contributed by atoms with Crippen LogP contribution in [0.4, 0.5) is 11.6 Å². The number of ether oxygens (including phenoxy) is 1. The van der Waals surface area contributed by atoms with Gasteiger partial charge in [-0.05, 0) is 36.4 Å². The third kappa shape index (κ3) is 3.34. The molecular formula is C17H16N6O3S. The molecule has 0 radical (unpaired) electrons. The monoisotopic (exact) mass is 384 g/mol. The number of methoxy groups -OCH3 is 1. The van der Waals surface area contributed by atoms with Crippen molar-refractivity contribution in [1.82, 2.24) is 23.8 Å². The third-order valence-electron chi connectivity index (χ3n) is 3.92. The molecule has 0 atom stereocenters. The van der Waals surface area contributed by atoms with Crippen LogP contribution in [0.2, 0.25) is 0 Å². The van der Waals surface area contributed by atoms with Crippen molar-refractivity contribution < 1.29 is 13.2 Å². The van der Waals surface area contributed by atoms with Gasteiger partial charge >= 0.3 is 0 Å². The molecule has 0 aliphatic heterocycles. The number of fused-ring (bicyclic) bond motifs is 1. The van der Waals surface area contributed by atoms with Gasteiger partial charge < -0.3 is 10.1 Å². The van der Waals surface area contributed by atoms with E-state index in [-0.39, 0.29) is 0 Å². The van der Waals surface area contributed by atoms with Gasteiger partial charge in [0, 0.05) is 23.0 Å². The first-order valence-electron chi connectivity index (χ1n) is 7.96. The Morgan fingerprint density at radius 2 is 1.93 bits per heavy atom. The van der Waals surface area contributed by atoms with Crippen LogP contribution < -0.4 is 10.1 Å². The number of nitrogens with zero attached hydrogens (tertiary/aromatic N) is 5. The van der Waals surface area contributed by atoms with E-state index in [1.807, 2.05) is 36.4 Å². The molecule has 3 aromatic heterocycles. The lowest BCUT2D eigenvalue weighted by Gasteiger charge is -2.03. The van der Waals surface area contributed by atoms with Crippen LogP contribution in [0.5, 0.6) is 5.75 Å². The second-order valence-electron chi connectivity index (χ2n) is 5.84. The molecule has 0 unspecified atom stereocenters. The van der Waals surface area contributed by atoms with Crippen LogP contribution in [0, 0.1) is 0 Å². The Kier molecular flexibility index (Phi) is 4.04. The highest BCUT2D eigenvalue weighted by Gasteiger charge is 2.14. The molecule has 0 aliphatic rings. The summed E-state index contributed by atoms with van der Waals surface area (Å²) in [6, 6.07) is 11.0. The molecule has 0 amide bonds. The van der Waals surface area contributed by atoms with Crippen LogP contribution >= 0.6 is 0 Å². The molecule has 27 heavy (non-hydrogen) atoms. The number of benzene rings is 1. The number of hydrogen-bond acceptors (Lipinski definition) is 7. The molecule has 138 valence electrons. The van der Waals surface area contributed by atoms with Gasteiger partial charge in [0.2, 0.25) is 5.95 Å². The summed E-state index contributed by atoms with van der Waals surface area (Å²) in [7, 11) is -1.83. The van der Waals surface area contributed by atoms with Crippen LogP contribution in [-0.2, 0) is 10.0 Å². The Morgan fingerprint density at radius 3 is 2.59 bits per heavy atom. The summed E-state index contributed by atoms with van der Waals surface area (Å²) in [4.78, 5) is 4.52. The predicted molar refractivity (Wildman–Crippen MR) is 101 cm³/mol. The number of hydrogen-bond donors (Lipinski definition) is 1. The van der Waals surface area contributed by atoms with E-state index in [1.54, 1.807) is 17.8 Å². The highest BCUT2D eigenvalue weighted by Crippen LogP contribution is 2.25. The van der Waals surface area contributed by atoms with Crippen LogP contribution in [0.1, 0.15) is 0 Å². The van der Waals surface area contributed by atoms with E-state index in [0.29, 0.717) is 17.2 Å². The smallest absolute Gasteiger partial charge is 0.250 e. The number of pyridine rings is 1. The zero-order chi connectivity index (χ0) is 19.0. The Hall–Kier alpha value is -3.40. The van der Waals surface area contributed by atoms with Gasteiger partial charge in [-0.15, -0.1) is 5.10 Å². The lowest BCUT2D eigenvalue weighted by molar-refractivity contribution is 0.415. The molecule has 0 saturated carbocycles. The number of rotatable bonds is 5. The van der Waals surface area contributed by atoms with Crippen molar-refractivity contribution in [3.63, 3.8) is 0 Å². The number of anilines is 2. The fourth-order valence-electron chi connectivity index (χ4n) is 2.61. The molecule has 3 heterocycles. The van der Waals surface area contributed by atoms with Crippen molar-refractivity contribution in [2.75, 3.05) is 18.7 Å². The summed E-state index contributed by atoms with van der Waals surface area (Å²) in [6.07, 6.45) is 5.81.